The second-order valence-corrected chi connectivity index (χ2v) is 6.34. The van der Waals surface area contributed by atoms with E-state index in [4.69, 9.17) is 9.46 Å². The van der Waals surface area contributed by atoms with Crippen LogP contribution in [-0.4, -0.2) is 14.6 Å². The summed E-state index contributed by atoms with van der Waals surface area (Å²) in [6.45, 7) is 13.3. The third-order valence-corrected chi connectivity index (χ3v) is 3.38. The van der Waals surface area contributed by atoms with E-state index in [-0.39, 0.29) is 5.60 Å². The Morgan fingerprint density at radius 1 is 1.15 bits per heavy atom. The largest absolute Gasteiger partial charge is 0.289 e. The van der Waals surface area contributed by atoms with Crippen LogP contribution in [0.4, 0.5) is 0 Å². The fourth-order valence-electron chi connectivity index (χ4n) is 0.759. The summed E-state index contributed by atoms with van der Waals surface area (Å²) in [7, 11) is -1.29. The zero-order valence-electron chi connectivity index (χ0n) is 8.88. The monoisotopic (exact) mass is 200 g/mol. The maximum absolute atomic E-state index is 5.38. The van der Waals surface area contributed by atoms with Crippen molar-refractivity contribution in [3.63, 3.8) is 0 Å². The molecule has 0 atom stereocenters. The van der Waals surface area contributed by atoms with Crippen molar-refractivity contribution in [1.29, 1.82) is 0 Å². The number of hydrogen-bond acceptors (Lipinski definition) is 2. The van der Waals surface area contributed by atoms with Gasteiger partial charge >= 0.3 is 0 Å². The average Bonchev–Trinajstić information content (AvgIpc) is 2.00. The van der Waals surface area contributed by atoms with Crippen LogP contribution in [0, 0.1) is 0 Å². The van der Waals surface area contributed by atoms with E-state index in [0.717, 1.165) is 12.1 Å². The van der Waals surface area contributed by atoms with Gasteiger partial charge in [-0.05, 0) is 32.9 Å². The van der Waals surface area contributed by atoms with E-state index < -0.39 is 9.04 Å². The van der Waals surface area contributed by atoms with Gasteiger partial charge in [-0.3, -0.25) is 4.58 Å². The molecule has 0 spiro atoms. The van der Waals surface area contributed by atoms with Gasteiger partial charge in [0.15, 0.2) is 0 Å². The standard InChI is InChI=1S/C10H20O2Si/c1-6-8-13(9-7-2)12-11-10(3,4)5/h6-7,13H,1-2,8-9H2,3-5H3. The van der Waals surface area contributed by atoms with Crippen LogP contribution in [0.5, 0.6) is 0 Å². The Morgan fingerprint density at radius 3 is 1.92 bits per heavy atom. The molecule has 0 aromatic heterocycles. The summed E-state index contributed by atoms with van der Waals surface area (Å²) in [5.41, 5.74) is -0.229. The van der Waals surface area contributed by atoms with Gasteiger partial charge in [0.1, 0.15) is 0 Å². The van der Waals surface area contributed by atoms with Gasteiger partial charge in [0.05, 0.1) is 5.60 Å². The van der Waals surface area contributed by atoms with Gasteiger partial charge < -0.3 is 0 Å². The average molecular weight is 200 g/mol. The van der Waals surface area contributed by atoms with Gasteiger partial charge in [0.25, 0.3) is 0 Å². The number of allylic oxidation sites excluding steroid dienone is 2. The molecule has 3 heteroatoms. The van der Waals surface area contributed by atoms with Crippen molar-refractivity contribution in [2.75, 3.05) is 0 Å². The molecule has 0 bridgehead atoms. The lowest BCUT2D eigenvalue weighted by molar-refractivity contribution is -0.280. The van der Waals surface area contributed by atoms with Gasteiger partial charge in [-0.25, -0.2) is 4.89 Å². The molecular formula is C10H20O2Si. The first-order valence-corrected chi connectivity index (χ1v) is 6.66. The Labute approximate surface area is 82.9 Å². The number of rotatable bonds is 6. The molecular weight excluding hydrogens is 180 g/mol. The van der Waals surface area contributed by atoms with Crippen molar-refractivity contribution < 1.29 is 9.46 Å². The minimum Gasteiger partial charge on any atom is -0.289 e. The van der Waals surface area contributed by atoms with E-state index in [1.54, 1.807) is 0 Å². The summed E-state index contributed by atoms with van der Waals surface area (Å²) in [6.07, 6.45) is 3.76. The van der Waals surface area contributed by atoms with E-state index in [2.05, 4.69) is 13.2 Å². The smallest absolute Gasteiger partial charge is 0.231 e. The molecule has 0 unspecified atom stereocenters. The van der Waals surface area contributed by atoms with Crippen molar-refractivity contribution in [2.45, 2.75) is 38.5 Å². The van der Waals surface area contributed by atoms with Crippen molar-refractivity contribution in [3.05, 3.63) is 25.3 Å². The fraction of sp³-hybridized carbons (Fsp3) is 0.600. The zero-order chi connectivity index (χ0) is 10.3. The lowest BCUT2D eigenvalue weighted by atomic mass is 10.2. The lowest BCUT2D eigenvalue weighted by Crippen LogP contribution is -2.26. The molecule has 0 saturated carbocycles. The van der Waals surface area contributed by atoms with Crippen molar-refractivity contribution in [3.8, 4) is 0 Å². The highest BCUT2D eigenvalue weighted by Gasteiger charge is 2.16. The van der Waals surface area contributed by atoms with E-state index in [0.29, 0.717) is 0 Å². The van der Waals surface area contributed by atoms with Crippen LogP contribution in [0.25, 0.3) is 0 Å². The first-order chi connectivity index (χ1) is 5.99. The molecule has 0 heterocycles. The molecule has 0 aliphatic rings. The SMILES string of the molecule is C=CC[SiH](CC=C)OOC(C)(C)C. The summed E-state index contributed by atoms with van der Waals surface area (Å²) >= 11 is 0. The molecule has 0 aliphatic heterocycles. The summed E-state index contributed by atoms with van der Waals surface area (Å²) < 4.78 is 5.38. The maximum Gasteiger partial charge on any atom is 0.231 e. The minimum absolute atomic E-state index is 0.229. The normalized spacial score (nSPS) is 11.7. The highest BCUT2D eigenvalue weighted by molar-refractivity contribution is 6.52. The van der Waals surface area contributed by atoms with E-state index >= 15 is 0 Å². The molecule has 0 saturated heterocycles. The Bertz CT molecular complexity index is 151. The minimum atomic E-state index is -1.29. The van der Waals surface area contributed by atoms with Gasteiger partial charge in [-0.15, -0.1) is 13.2 Å². The summed E-state index contributed by atoms with van der Waals surface area (Å²) in [4.78, 5) is 5.26. The van der Waals surface area contributed by atoms with Gasteiger partial charge in [0, 0.05) is 0 Å². The molecule has 0 aromatic rings. The zero-order valence-corrected chi connectivity index (χ0v) is 10.0. The fourth-order valence-corrected chi connectivity index (χ4v) is 2.28. The van der Waals surface area contributed by atoms with Crippen LogP contribution < -0.4 is 0 Å². The molecule has 0 amide bonds. The Morgan fingerprint density at radius 2 is 1.62 bits per heavy atom. The van der Waals surface area contributed by atoms with Gasteiger partial charge in [-0.2, -0.15) is 0 Å². The van der Waals surface area contributed by atoms with Crippen molar-refractivity contribution >= 4 is 9.04 Å². The van der Waals surface area contributed by atoms with E-state index in [9.17, 15) is 0 Å². The Kier molecular flexibility index (Phi) is 5.95. The topological polar surface area (TPSA) is 18.5 Å². The number of hydrogen-bond donors (Lipinski definition) is 0. The highest BCUT2D eigenvalue weighted by Crippen LogP contribution is 2.11. The van der Waals surface area contributed by atoms with E-state index in [1.807, 2.05) is 32.9 Å². The predicted molar refractivity (Wildman–Crippen MR) is 59.1 cm³/mol. The molecule has 0 aliphatic carbocycles. The predicted octanol–water partition coefficient (Wildman–Crippen LogP) is 2.83. The van der Waals surface area contributed by atoms with Crippen LogP contribution >= 0.6 is 0 Å². The lowest BCUT2D eigenvalue weighted by Gasteiger charge is -2.21. The van der Waals surface area contributed by atoms with Crippen LogP contribution in [0.2, 0.25) is 12.1 Å². The summed E-state index contributed by atoms with van der Waals surface area (Å²) in [6, 6.07) is 1.84. The molecule has 0 N–H and O–H groups in total. The molecule has 0 fully saturated rings. The molecule has 0 rings (SSSR count). The van der Waals surface area contributed by atoms with Crippen LogP contribution in [0.15, 0.2) is 25.3 Å². The first kappa shape index (κ1) is 12.6. The molecule has 13 heavy (non-hydrogen) atoms. The maximum atomic E-state index is 5.38. The summed E-state index contributed by atoms with van der Waals surface area (Å²) in [5, 5.41) is 0. The second-order valence-electron chi connectivity index (χ2n) is 3.96. The van der Waals surface area contributed by atoms with Gasteiger partial charge in [-0.1, -0.05) is 12.2 Å². The van der Waals surface area contributed by atoms with E-state index in [1.165, 1.54) is 0 Å². The second kappa shape index (κ2) is 6.13. The molecule has 0 radical (unpaired) electrons. The molecule has 76 valence electrons. The Hall–Kier alpha value is -0.383. The van der Waals surface area contributed by atoms with Crippen molar-refractivity contribution in [2.24, 2.45) is 0 Å². The quantitative estimate of drug-likeness (QED) is 0.284. The van der Waals surface area contributed by atoms with Crippen LogP contribution in [-0.2, 0) is 9.46 Å². The van der Waals surface area contributed by atoms with Crippen LogP contribution in [0.3, 0.4) is 0 Å². The summed E-state index contributed by atoms with van der Waals surface area (Å²) in [5.74, 6) is 0. The van der Waals surface area contributed by atoms with Gasteiger partial charge in [0.2, 0.25) is 9.04 Å². The third kappa shape index (κ3) is 7.96. The first-order valence-electron chi connectivity index (χ1n) is 4.56. The highest BCUT2D eigenvalue weighted by atomic mass is 28.3. The molecule has 0 aromatic carbocycles. The van der Waals surface area contributed by atoms with Crippen LogP contribution in [0.1, 0.15) is 20.8 Å². The Balaban J connectivity index is 3.80. The van der Waals surface area contributed by atoms with Crippen molar-refractivity contribution in [1.82, 2.24) is 0 Å². The third-order valence-electron chi connectivity index (χ3n) is 1.29. The molecule has 2 nitrogen and oxygen atoms in total.